The SMILES string of the molecule is CCCCCCCCOc1cc2c(cc1OCCCCCCCC)c1sc3c4c(c5sccc5c3c1c1ccsc21)C(=O)N(C)C4=O. The molecule has 0 fully saturated rings. The lowest BCUT2D eigenvalue weighted by molar-refractivity contribution is 0.0694. The van der Waals surface area contributed by atoms with Gasteiger partial charge in [0, 0.05) is 58.2 Å². The zero-order valence-electron chi connectivity index (χ0n) is 27.7. The van der Waals surface area contributed by atoms with Crippen molar-refractivity contribution in [2.45, 2.75) is 90.9 Å². The van der Waals surface area contributed by atoms with Crippen LogP contribution in [0.1, 0.15) is 112 Å². The molecule has 0 aliphatic carbocycles. The maximum absolute atomic E-state index is 13.5. The Bertz CT molecular complexity index is 2100. The van der Waals surface area contributed by atoms with Gasteiger partial charge < -0.3 is 9.47 Å². The first kappa shape index (κ1) is 32.4. The van der Waals surface area contributed by atoms with Crippen molar-refractivity contribution < 1.29 is 19.1 Å². The fraction of sp³-hybridized carbons (Fsp3) is 0.436. The Balaban J connectivity index is 1.35. The Labute approximate surface area is 288 Å². The maximum atomic E-state index is 13.5. The average molecular weight is 686 g/mol. The van der Waals surface area contributed by atoms with Crippen LogP contribution >= 0.6 is 34.0 Å². The molecule has 0 unspecified atom stereocenters. The van der Waals surface area contributed by atoms with Gasteiger partial charge >= 0.3 is 0 Å². The van der Waals surface area contributed by atoms with E-state index < -0.39 is 0 Å². The van der Waals surface area contributed by atoms with Crippen LogP contribution in [0.2, 0.25) is 0 Å². The van der Waals surface area contributed by atoms with Crippen molar-refractivity contribution in [3.63, 3.8) is 0 Å². The van der Waals surface area contributed by atoms with Gasteiger partial charge in [0.15, 0.2) is 11.5 Å². The number of unbranched alkanes of at least 4 members (excludes halogenated alkanes) is 10. The zero-order chi connectivity index (χ0) is 32.5. The molecule has 246 valence electrons. The molecule has 3 aromatic heterocycles. The highest BCUT2D eigenvalue weighted by Crippen LogP contribution is 2.52. The van der Waals surface area contributed by atoms with Gasteiger partial charge in [0.05, 0.1) is 24.3 Å². The van der Waals surface area contributed by atoms with Crippen LogP contribution in [0.4, 0.5) is 0 Å². The third-order valence-electron chi connectivity index (χ3n) is 9.60. The minimum atomic E-state index is -0.212. The van der Waals surface area contributed by atoms with E-state index in [1.807, 2.05) is 5.38 Å². The number of hydrogen-bond donors (Lipinski definition) is 0. The van der Waals surface area contributed by atoms with Gasteiger partial charge in [0.2, 0.25) is 0 Å². The molecule has 0 saturated carbocycles. The number of amides is 2. The Kier molecular flexibility index (Phi) is 9.71. The first-order valence-corrected chi connectivity index (χ1v) is 20.0. The standard InChI is InChI=1S/C39H43NO4S3/c1-4-6-8-10-12-14-18-43-28-22-26-27(23-29(28)44-19-15-13-11-9-7-5-2)36-30(24-16-20-45-34(24)26)31-25-17-21-46-35(25)32-33(37(31)47-36)39(42)40(3)38(32)41/h16-17,20-23H,4-15,18-19H2,1-3H3. The van der Waals surface area contributed by atoms with Crippen molar-refractivity contribution in [2.75, 3.05) is 20.3 Å². The molecular formula is C39H43NO4S3. The number of imide groups is 1. The van der Waals surface area contributed by atoms with Crippen molar-refractivity contribution in [1.82, 2.24) is 4.90 Å². The number of carbonyl (C=O) groups excluding carboxylic acids is 2. The summed E-state index contributed by atoms with van der Waals surface area (Å²) in [6.07, 6.45) is 14.6. The van der Waals surface area contributed by atoms with Crippen LogP contribution in [0.15, 0.2) is 35.0 Å². The average Bonchev–Trinajstić information content (AvgIpc) is 3.87. The van der Waals surface area contributed by atoms with Gasteiger partial charge in [-0.15, -0.1) is 34.0 Å². The van der Waals surface area contributed by atoms with Crippen molar-refractivity contribution in [3.05, 3.63) is 46.2 Å². The second-order valence-corrected chi connectivity index (χ2v) is 15.7. The fourth-order valence-electron chi connectivity index (χ4n) is 7.08. The Hall–Kier alpha value is -3.20. The number of thiophene rings is 3. The lowest BCUT2D eigenvalue weighted by Gasteiger charge is -2.15. The van der Waals surface area contributed by atoms with Crippen molar-refractivity contribution in [2.24, 2.45) is 0 Å². The van der Waals surface area contributed by atoms with E-state index >= 15 is 0 Å². The molecule has 3 aromatic carbocycles. The van der Waals surface area contributed by atoms with Gasteiger partial charge in [-0.05, 0) is 47.9 Å². The zero-order valence-corrected chi connectivity index (χ0v) is 30.1. The first-order chi connectivity index (χ1) is 23.0. The van der Waals surface area contributed by atoms with Gasteiger partial charge in [-0.25, -0.2) is 0 Å². The van der Waals surface area contributed by atoms with Crippen molar-refractivity contribution in [1.29, 1.82) is 0 Å². The largest absolute Gasteiger partial charge is 0.490 e. The van der Waals surface area contributed by atoms with E-state index in [9.17, 15) is 9.59 Å². The van der Waals surface area contributed by atoms with E-state index in [0.717, 1.165) is 65.4 Å². The number of rotatable bonds is 16. The maximum Gasteiger partial charge on any atom is 0.262 e. The molecule has 7 rings (SSSR count). The molecule has 0 saturated heterocycles. The highest BCUT2D eigenvalue weighted by atomic mass is 32.1. The second-order valence-electron chi connectivity index (χ2n) is 12.8. The van der Waals surface area contributed by atoms with Crippen LogP contribution in [0.5, 0.6) is 11.5 Å². The molecule has 1 aliphatic heterocycles. The predicted molar refractivity (Wildman–Crippen MR) is 202 cm³/mol. The van der Waals surface area contributed by atoms with Crippen LogP contribution in [0.3, 0.4) is 0 Å². The van der Waals surface area contributed by atoms with Crippen LogP contribution in [0, 0.1) is 0 Å². The normalized spacial score (nSPS) is 13.4. The summed E-state index contributed by atoms with van der Waals surface area (Å²) >= 11 is 4.93. The topological polar surface area (TPSA) is 55.8 Å². The van der Waals surface area contributed by atoms with Crippen LogP contribution in [-0.4, -0.2) is 37.0 Å². The van der Waals surface area contributed by atoms with Gasteiger partial charge in [-0.3, -0.25) is 14.5 Å². The molecule has 47 heavy (non-hydrogen) atoms. The lowest BCUT2D eigenvalue weighted by Crippen LogP contribution is -2.24. The first-order valence-electron chi connectivity index (χ1n) is 17.4. The van der Waals surface area contributed by atoms with Gasteiger partial charge in [-0.1, -0.05) is 78.1 Å². The molecule has 6 aromatic rings. The summed E-state index contributed by atoms with van der Waals surface area (Å²) in [5.41, 5.74) is 1.11. The summed E-state index contributed by atoms with van der Waals surface area (Å²) in [7, 11) is 1.59. The third kappa shape index (κ3) is 5.80. The van der Waals surface area contributed by atoms with E-state index in [2.05, 4.69) is 43.5 Å². The molecule has 5 nitrogen and oxygen atoms in total. The van der Waals surface area contributed by atoms with E-state index in [-0.39, 0.29) is 11.8 Å². The highest BCUT2D eigenvalue weighted by molar-refractivity contribution is 7.28. The molecule has 0 atom stereocenters. The summed E-state index contributed by atoms with van der Waals surface area (Å²) in [6, 6.07) is 8.70. The molecule has 1 aliphatic rings. The van der Waals surface area contributed by atoms with Gasteiger partial charge in [-0.2, -0.15) is 0 Å². The van der Waals surface area contributed by atoms with Crippen LogP contribution < -0.4 is 9.47 Å². The quantitative estimate of drug-likeness (QED) is 0.0751. The molecule has 4 heterocycles. The van der Waals surface area contributed by atoms with E-state index in [1.165, 1.54) is 79.2 Å². The Morgan fingerprint density at radius 1 is 0.574 bits per heavy atom. The van der Waals surface area contributed by atoms with Gasteiger partial charge in [0.25, 0.3) is 11.8 Å². The van der Waals surface area contributed by atoms with E-state index in [1.54, 1.807) is 41.1 Å². The summed E-state index contributed by atoms with van der Waals surface area (Å²) in [6.45, 7) is 5.84. The number of fused-ring (bicyclic) bond motifs is 13. The molecule has 8 heteroatoms. The minimum absolute atomic E-state index is 0.208. The number of benzene rings is 3. The van der Waals surface area contributed by atoms with Crippen LogP contribution in [0.25, 0.3) is 51.1 Å². The fourth-order valence-corrected chi connectivity index (χ4v) is 10.4. The van der Waals surface area contributed by atoms with E-state index in [0.29, 0.717) is 24.3 Å². The number of ether oxygens (including phenoxy) is 2. The highest BCUT2D eigenvalue weighted by Gasteiger charge is 2.38. The van der Waals surface area contributed by atoms with Crippen molar-refractivity contribution in [3.8, 4) is 11.5 Å². The summed E-state index contributed by atoms with van der Waals surface area (Å²) in [4.78, 5) is 28.1. The number of hydrogen-bond acceptors (Lipinski definition) is 7. The second kappa shape index (κ2) is 14.1. The van der Waals surface area contributed by atoms with E-state index in [4.69, 9.17) is 9.47 Å². The summed E-state index contributed by atoms with van der Waals surface area (Å²) in [5, 5.41) is 10.9. The molecular weight excluding hydrogens is 643 g/mol. The molecule has 0 bridgehead atoms. The Morgan fingerprint density at radius 2 is 1.04 bits per heavy atom. The number of carbonyl (C=O) groups is 2. The Morgan fingerprint density at radius 3 is 1.64 bits per heavy atom. The van der Waals surface area contributed by atoms with Crippen molar-refractivity contribution >= 4 is 96.9 Å². The monoisotopic (exact) mass is 685 g/mol. The number of nitrogens with zero attached hydrogens (tertiary/aromatic N) is 1. The summed E-state index contributed by atoms with van der Waals surface area (Å²) < 4.78 is 17.2. The smallest absolute Gasteiger partial charge is 0.262 e. The summed E-state index contributed by atoms with van der Waals surface area (Å²) in [5.74, 6) is 1.19. The third-order valence-corrected chi connectivity index (χ3v) is 12.7. The minimum Gasteiger partial charge on any atom is -0.490 e. The van der Waals surface area contributed by atoms with Crippen LogP contribution in [-0.2, 0) is 0 Å². The molecule has 2 amide bonds. The van der Waals surface area contributed by atoms with Gasteiger partial charge in [0.1, 0.15) is 0 Å². The lowest BCUT2D eigenvalue weighted by atomic mass is 9.97. The molecule has 0 N–H and O–H groups in total. The molecule has 0 spiro atoms. The molecule has 0 radical (unpaired) electrons. The predicted octanol–water partition coefficient (Wildman–Crippen LogP) is 12.3.